The Kier molecular flexibility index (Phi) is 4.08. The summed E-state index contributed by atoms with van der Waals surface area (Å²) in [6.07, 6.45) is 0. The minimum Gasteiger partial charge on any atom is -0.291 e. The zero-order valence-electron chi connectivity index (χ0n) is 6.35. The molecule has 1 unspecified atom stereocenters. The van der Waals surface area contributed by atoms with E-state index in [-0.39, 0.29) is 21.4 Å². The Hall–Kier alpha value is 0.0700. The summed E-state index contributed by atoms with van der Waals surface area (Å²) in [5.41, 5.74) is 0. The van der Waals surface area contributed by atoms with Gasteiger partial charge in [-0.25, -0.2) is 0 Å². The van der Waals surface area contributed by atoms with Crippen molar-refractivity contribution in [1.29, 1.82) is 0 Å². The summed E-state index contributed by atoms with van der Waals surface area (Å²) < 4.78 is -0.188. The van der Waals surface area contributed by atoms with Crippen LogP contribution in [0.15, 0.2) is 0 Å². The van der Waals surface area contributed by atoms with Crippen LogP contribution < -0.4 is 0 Å². The van der Waals surface area contributed by atoms with Crippen LogP contribution in [0.1, 0.15) is 20.8 Å². The molecule has 0 rings (SSSR count). The Morgan fingerprint density at radius 2 is 1.50 bits per heavy atom. The van der Waals surface area contributed by atoms with Crippen molar-refractivity contribution in [2.24, 2.45) is 5.92 Å². The van der Waals surface area contributed by atoms with Gasteiger partial charge < -0.3 is 0 Å². The lowest BCUT2D eigenvalue weighted by atomic mass is 10.0. The molecule has 0 aromatic carbocycles. The van der Waals surface area contributed by atoms with Crippen LogP contribution in [0.25, 0.3) is 0 Å². The summed E-state index contributed by atoms with van der Waals surface area (Å²) in [4.78, 5) is 21.9. The Balaban J connectivity index is 4.10. The highest BCUT2D eigenvalue weighted by Crippen LogP contribution is 2.05. The number of carbonyl (C=O) groups is 2. The fourth-order valence-electron chi connectivity index (χ4n) is 0.481. The number of ketones is 2. The lowest BCUT2D eigenvalue weighted by molar-refractivity contribution is -0.137. The van der Waals surface area contributed by atoms with E-state index in [4.69, 9.17) is 0 Å². The van der Waals surface area contributed by atoms with Gasteiger partial charge in [0.05, 0.1) is 3.92 Å². The average Bonchev–Trinajstić information content (AvgIpc) is 1.84. The zero-order valence-corrected chi connectivity index (χ0v) is 8.51. The van der Waals surface area contributed by atoms with Crippen molar-refractivity contribution in [3.8, 4) is 0 Å². The molecular weight excluding hydrogens is 243 g/mol. The number of alkyl halides is 1. The Bertz CT molecular complexity index is 132. The van der Waals surface area contributed by atoms with E-state index < -0.39 is 0 Å². The van der Waals surface area contributed by atoms with Gasteiger partial charge >= 0.3 is 0 Å². The Morgan fingerprint density at radius 1 is 1.10 bits per heavy atom. The molecule has 0 saturated heterocycles. The van der Waals surface area contributed by atoms with Crippen LogP contribution in [-0.4, -0.2) is 15.5 Å². The van der Waals surface area contributed by atoms with Crippen molar-refractivity contribution >= 4 is 34.2 Å². The SMILES string of the molecule is CC(C)C(=O)C(=O)C(C)I. The van der Waals surface area contributed by atoms with Crippen molar-refractivity contribution < 1.29 is 9.59 Å². The summed E-state index contributed by atoms with van der Waals surface area (Å²) in [7, 11) is 0. The summed E-state index contributed by atoms with van der Waals surface area (Å²) in [6, 6.07) is 0. The quantitative estimate of drug-likeness (QED) is 0.435. The van der Waals surface area contributed by atoms with E-state index in [2.05, 4.69) is 0 Å². The van der Waals surface area contributed by atoms with Gasteiger partial charge in [-0.2, -0.15) is 0 Å². The lowest BCUT2D eigenvalue weighted by Gasteiger charge is -2.03. The minimum absolute atomic E-state index is 0.162. The van der Waals surface area contributed by atoms with Gasteiger partial charge in [0, 0.05) is 5.92 Å². The summed E-state index contributed by atoms with van der Waals surface area (Å²) >= 11 is 1.95. The van der Waals surface area contributed by atoms with E-state index >= 15 is 0 Å². The zero-order chi connectivity index (χ0) is 8.31. The van der Waals surface area contributed by atoms with E-state index in [0.29, 0.717) is 0 Å². The number of halogens is 1. The number of carbonyl (C=O) groups excluding carboxylic acids is 2. The first-order valence-electron chi connectivity index (χ1n) is 3.19. The third kappa shape index (κ3) is 2.77. The second-order valence-corrected chi connectivity index (χ2v) is 4.37. The number of Topliss-reactive ketones (excluding diaryl/α,β-unsaturated/α-hetero) is 2. The lowest BCUT2D eigenvalue weighted by Crippen LogP contribution is -2.25. The van der Waals surface area contributed by atoms with Crippen molar-refractivity contribution in [3.05, 3.63) is 0 Å². The number of hydrogen-bond donors (Lipinski definition) is 0. The van der Waals surface area contributed by atoms with Crippen LogP contribution in [-0.2, 0) is 9.59 Å². The molecule has 0 amide bonds. The maximum Gasteiger partial charge on any atom is 0.211 e. The van der Waals surface area contributed by atoms with Crippen LogP contribution in [0.5, 0.6) is 0 Å². The number of hydrogen-bond acceptors (Lipinski definition) is 2. The predicted molar refractivity (Wildman–Crippen MR) is 48.3 cm³/mol. The largest absolute Gasteiger partial charge is 0.291 e. The predicted octanol–water partition coefficient (Wildman–Crippen LogP) is 1.60. The molecule has 0 aromatic heterocycles. The third-order valence-electron chi connectivity index (χ3n) is 1.13. The van der Waals surface area contributed by atoms with Gasteiger partial charge in [0.15, 0.2) is 0 Å². The molecule has 0 heterocycles. The first-order valence-corrected chi connectivity index (χ1v) is 4.43. The maximum absolute atomic E-state index is 10.9. The molecule has 0 radical (unpaired) electrons. The van der Waals surface area contributed by atoms with Gasteiger partial charge in [-0.05, 0) is 6.92 Å². The minimum atomic E-state index is -0.268. The first-order chi connectivity index (χ1) is 4.46. The molecule has 0 fully saturated rings. The standard InChI is InChI=1S/C7H11IO2/c1-4(2)6(9)7(10)5(3)8/h4-5H,1-3H3. The Labute approximate surface area is 74.5 Å². The van der Waals surface area contributed by atoms with Gasteiger partial charge in [0.25, 0.3) is 0 Å². The summed E-state index contributed by atoms with van der Waals surface area (Å²) in [5.74, 6) is -0.692. The van der Waals surface area contributed by atoms with E-state index in [1.54, 1.807) is 20.8 Å². The fraction of sp³-hybridized carbons (Fsp3) is 0.714. The van der Waals surface area contributed by atoms with Gasteiger partial charge in [-0.1, -0.05) is 36.4 Å². The van der Waals surface area contributed by atoms with Gasteiger partial charge in [0.1, 0.15) is 0 Å². The highest BCUT2D eigenvalue weighted by atomic mass is 127. The third-order valence-corrected chi connectivity index (χ3v) is 1.69. The van der Waals surface area contributed by atoms with E-state index in [9.17, 15) is 9.59 Å². The van der Waals surface area contributed by atoms with Crippen LogP contribution in [0.2, 0.25) is 0 Å². The van der Waals surface area contributed by atoms with Gasteiger partial charge in [-0.3, -0.25) is 9.59 Å². The van der Waals surface area contributed by atoms with Crippen molar-refractivity contribution in [3.63, 3.8) is 0 Å². The average molecular weight is 254 g/mol. The van der Waals surface area contributed by atoms with E-state index in [0.717, 1.165) is 0 Å². The molecular formula is C7H11IO2. The van der Waals surface area contributed by atoms with Crippen LogP contribution >= 0.6 is 22.6 Å². The Morgan fingerprint density at radius 3 is 1.60 bits per heavy atom. The van der Waals surface area contributed by atoms with Crippen molar-refractivity contribution in [2.45, 2.75) is 24.7 Å². The molecule has 0 bridgehead atoms. The first kappa shape index (κ1) is 10.1. The molecule has 0 N–H and O–H groups in total. The monoisotopic (exact) mass is 254 g/mol. The smallest absolute Gasteiger partial charge is 0.211 e. The normalized spacial score (nSPS) is 13.3. The van der Waals surface area contributed by atoms with Crippen LogP contribution in [0.3, 0.4) is 0 Å². The summed E-state index contributed by atoms with van der Waals surface area (Å²) in [5, 5.41) is 0. The molecule has 0 aliphatic carbocycles. The van der Waals surface area contributed by atoms with Crippen molar-refractivity contribution in [1.82, 2.24) is 0 Å². The molecule has 0 spiro atoms. The molecule has 3 heteroatoms. The molecule has 10 heavy (non-hydrogen) atoms. The molecule has 2 nitrogen and oxygen atoms in total. The highest BCUT2D eigenvalue weighted by molar-refractivity contribution is 14.1. The van der Waals surface area contributed by atoms with E-state index in [1.165, 1.54) is 0 Å². The molecule has 0 aromatic rings. The molecule has 0 saturated carbocycles. The van der Waals surface area contributed by atoms with Crippen LogP contribution in [0, 0.1) is 5.92 Å². The van der Waals surface area contributed by atoms with Gasteiger partial charge in [0.2, 0.25) is 11.6 Å². The number of rotatable bonds is 3. The second kappa shape index (κ2) is 4.05. The second-order valence-electron chi connectivity index (χ2n) is 2.50. The highest BCUT2D eigenvalue weighted by Gasteiger charge is 2.20. The van der Waals surface area contributed by atoms with Gasteiger partial charge in [-0.15, -0.1) is 0 Å². The fourth-order valence-corrected chi connectivity index (χ4v) is 0.787. The summed E-state index contributed by atoms with van der Waals surface area (Å²) in [6.45, 7) is 5.20. The molecule has 0 aliphatic rings. The molecule has 1 atom stereocenters. The molecule has 0 aliphatic heterocycles. The van der Waals surface area contributed by atoms with Crippen molar-refractivity contribution in [2.75, 3.05) is 0 Å². The molecule has 58 valence electrons. The topological polar surface area (TPSA) is 34.1 Å². The van der Waals surface area contributed by atoms with E-state index in [1.807, 2.05) is 22.6 Å². The maximum atomic E-state index is 10.9. The van der Waals surface area contributed by atoms with Crippen LogP contribution in [0.4, 0.5) is 0 Å².